The number of hydrogen-bond acceptors (Lipinski definition) is 3. The average molecular weight is 254 g/mol. The topological polar surface area (TPSA) is 41.6 Å². The average Bonchev–Trinajstić information content (AvgIpc) is 2.98. The van der Waals surface area contributed by atoms with Crippen LogP contribution in [0.4, 0.5) is 4.79 Å². The van der Waals surface area contributed by atoms with Crippen molar-refractivity contribution < 1.29 is 9.53 Å². The van der Waals surface area contributed by atoms with Crippen molar-refractivity contribution in [2.24, 2.45) is 0 Å². The molecule has 1 aliphatic heterocycles. The number of carbonyl (C=O) groups excluding carboxylic acids is 1. The van der Waals surface area contributed by atoms with Gasteiger partial charge in [0.25, 0.3) is 0 Å². The van der Waals surface area contributed by atoms with Gasteiger partial charge in [-0.05, 0) is 53.4 Å². The van der Waals surface area contributed by atoms with E-state index in [1.807, 2.05) is 20.8 Å². The summed E-state index contributed by atoms with van der Waals surface area (Å²) in [5.74, 6) is 0. The van der Waals surface area contributed by atoms with Crippen molar-refractivity contribution in [1.82, 2.24) is 10.2 Å². The third kappa shape index (κ3) is 3.87. The minimum Gasteiger partial charge on any atom is -0.444 e. The van der Waals surface area contributed by atoms with Crippen LogP contribution in [0.25, 0.3) is 0 Å². The van der Waals surface area contributed by atoms with Crippen LogP contribution in [0.15, 0.2) is 0 Å². The molecular formula is C14H26N2O2. The molecule has 2 aliphatic rings. The summed E-state index contributed by atoms with van der Waals surface area (Å²) in [5.41, 5.74) is -0.525. The van der Waals surface area contributed by atoms with E-state index in [1.54, 1.807) is 0 Å². The van der Waals surface area contributed by atoms with Crippen LogP contribution in [0.2, 0.25) is 0 Å². The number of alkyl carbamates (subject to hydrolysis) is 1. The standard InChI is InChI=1S/C14H26N2O2/c1-13(2,3)18-12(17)15-14(4)7-9-16(10-8-14)11-5-6-11/h11H,5-10H2,1-4H3,(H,15,17). The predicted molar refractivity (Wildman–Crippen MR) is 71.6 cm³/mol. The monoisotopic (exact) mass is 254 g/mol. The van der Waals surface area contributed by atoms with Crippen LogP contribution in [0.1, 0.15) is 53.4 Å². The fourth-order valence-corrected chi connectivity index (χ4v) is 2.50. The second-order valence-corrected chi connectivity index (χ2v) is 6.95. The number of rotatable bonds is 2. The minimum atomic E-state index is -0.421. The molecule has 1 saturated carbocycles. The van der Waals surface area contributed by atoms with Crippen molar-refractivity contribution >= 4 is 6.09 Å². The van der Waals surface area contributed by atoms with E-state index < -0.39 is 5.60 Å². The number of ether oxygens (including phenoxy) is 1. The highest BCUT2D eigenvalue weighted by Gasteiger charge is 2.37. The first-order valence-electron chi connectivity index (χ1n) is 7.03. The third-order valence-corrected chi connectivity index (χ3v) is 3.77. The normalized spacial score (nSPS) is 24.7. The molecule has 1 heterocycles. The molecular weight excluding hydrogens is 228 g/mol. The molecule has 0 aromatic heterocycles. The summed E-state index contributed by atoms with van der Waals surface area (Å²) < 4.78 is 5.33. The largest absolute Gasteiger partial charge is 0.444 e. The Morgan fingerprint density at radius 2 is 1.83 bits per heavy atom. The fourth-order valence-electron chi connectivity index (χ4n) is 2.50. The third-order valence-electron chi connectivity index (χ3n) is 3.77. The molecule has 0 aromatic rings. The summed E-state index contributed by atoms with van der Waals surface area (Å²) in [6.45, 7) is 9.99. The van der Waals surface area contributed by atoms with Crippen molar-refractivity contribution in [2.75, 3.05) is 13.1 Å². The lowest BCUT2D eigenvalue weighted by molar-refractivity contribution is 0.0402. The smallest absolute Gasteiger partial charge is 0.408 e. The van der Waals surface area contributed by atoms with E-state index >= 15 is 0 Å². The molecule has 1 N–H and O–H groups in total. The van der Waals surface area contributed by atoms with Gasteiger partial charge in [-0.2, -0.15) is 0 Å². The summed E-state index contributed by atoms with van der Waals surface area (Å²) in [7, 11) is 0. The molecule has 0 bridgehead atoms. The van der Waals surface area contributed by atoms with Gasteiger partial charge >= 0.3 is 6.09 Å². The molecule has 18 heavy (non-hydrogen) atoms. The van der Waals surface area contributed by atoms with E-state index in [-0.39, 0.29) is 11.6 Å². The van der Waals surface area contributed by atoms with Gasteiger partial charge in [-0.1, -0.05) is 0 Å². The van der Waals surface area contributed by atoms with E-state index in [4.69, 9.17) is 4.74 Å². The molecule has 2 rings (SSSR count). The van der Waals surface area contributed by atoms with Crippen molar-refractivity contribution in [1.29, 1.82) is 0 Å². The van der Waals surface area contributed by atoms with Crippen molar-refractivity contribution in [3.05, 3.63) is 0 Å². The van der Waals surface area contributed by atoms with Gasteiger partial charge in [0, 0.05) is 24.7 Å². The Morgan fingerprint density at radius 1 is 1.28 bits per heavy atom. The SMILES string of the molecule is CC1(NC(=O)OC(C)(C)C)CCN(C2CC2)CC1. The van der Waals surface area contributed by atoms with Gasteiger partial charge < -0.3 is 15.0 Å². The van der Waals surface area contributed by atoms with E-state index in [9.17, 15) is 4.79 Å². The van der Waals surface area contributed by atoms with Gasteiger partial charge in [-0.15, -0.1) is 0 Å². The summed E-state index contributed by atoms with van der Waals surface area (Å²) in [6, 6.07) is 0.830. The maximum absolute atomic E-state index is 11.8. The van der Waals surface area contributed by atoms with E-state index in [2.05, 4.69) is 17.1 Å². The van der Waals surface area contributed by atoms with Crippen LogP contribution >= 0.6 is 0 Å². The zero-order valence-electron chi connectivity index (χ0n) is 12.1. The first-order chi connectivity index (χ1) is 8.27. The van der Waals surface area contributed by atoms with Crippen LogP contribution < -0.4 is 5.32 Å². The number of hydrogen-bond donors (Lipinski definition) is 1. The summed E-state index contributed by atoms with van der Waals surface area (Å²) in [5, 5.41) is 3.04. The molecule has 1 amide bonds. The number of nitrogens with one attached hydrogen (secondary N) is 1. The molecule has 1 saturated heterocycles. The lowest BCUT2D eigenvalue weighted by Crippen LogP contribution is -2.54. The molecule has 0 aromatic carbocycles. The molecule has 0 radical (unpaired) electrons. The predicted octanol–water partition coefficient (Wildman–Crippen LogP) is 2.53. The Kier molecular flexibility index (Phi) is 3.58. The van der Waals surface area contributed by atoms with Crippen molar-refractivity contribution in [2.45, 2.75) is 70.6 Å². The van der Waals surface area contributed by atoms with Gasteiger partial charge in [0.1, 0.15) is 5.60 Å². The van der Waals surface area contributed by atoms with Gasteiger partial charge in [0.2, 0.25) is 0 Å². The van der Waals surface area contributed by atoms with Crippen LogP contribution in [0, 0.1) is 0 Å². The zero-order valence-corrected chi connectivity index (χ0v) is 12.1. The van der Waals surface area contributed by atoms with Crippen LogP contribution in [0.5, 0.6) is 0 Å². The molecule has 2 fully saturated rings. The van der Waals surface area contributed by atoms with Crippen LogP contribution in [0.3, 0.4) is 0 Å². The Bertz CT molecular complexity index is 310. The van der Waals surface area contributed by atoms with Gasteiger partial charge in [-0.3, -0.25) is 0 Å². The lowest BCUT2D eigenvalue weighted by Gasteiger charge is -2.40. The highest BCUT2D eigenvalue weighted by molar-refractivity contribution is 5.68. The Hall–Kier alpha value is -0.770. The summed E-state index contributed by atoms with van der Waals surface area (Å²) in [4.78, 5) is 14.4. The Balaban J connectivity index is 1.79. The highest BCUT2D eigenvalue weighted by Crippen LogP contribution is 2.32. The van der Waals surface area contributed by atoms with Gasteiger partial charge in [0.15, 0.2) is 0 Å². The molecule has 104 valence electrons. The molecule has 0 unspecified atom stereocenters. The molecule has 0 atom stereocenters. The van der Waals surface area contributed by atoms with Crippen LogP contribution in [-0.2, 0) is 4.74 Å². The first kappa shape index (κ1) is 13.7. The minimum absolute atomic E-state index is 0.103. The van der Waals surface area contributed by atoms with Crippen molar-refractivity contribution in [3.63, 3.8) is 0 Å². The highest BCUT2D eigenvalue weighted by atomic mass is 16.6. The van der Waals surface area contributed by atoms with Crippen molar-refractivity contribution in [3.8, 4) is 0 Å². The summed E-state index contributed by atoms with van der Waals surface area (Å²) in [6.07, 6.45) is 4.46. The molecule has 1 aliphatic carbocycles. The second kappa shape index (κ2) is 4.72. The van der Waals surface area contributed by atoms with E-state index in [0.717, 1.165) is 32.0 Å². The summed E-state index contributed by atoms with van der Waals surface area (Å²) >= 11 is 0. The zero-order chi connectivity index (χ0) is 13.4. The lowest BCUT2D eigenvalue weighted by atomic mass is 9.90. The van der Waals surface area contributed by atoms with Gasteiger partial charge in [0.05, 0.1) is 0 Å². The quantitative estimate of drug-likeness (QED) is 0.823. The van der Waals surface area contributed by atoms with E-state index in [1.165, 1.54) is 12.8 Å². The number of likely N-dealkylation sites (tertiary alicyclic amines) is 1. The first-order valence-corrected chi connectivity index (χ1v) is 7.03. The number of nitrogens with zero attached hydrogens (tertiary/aromatic N) is 1. The maximum Gasteiger partial charge on any atom is 0.408 e. The molecule has 4 nitrogen and oxygen atoms in total. The maximum atomic E-state index is 11.8. The van der Waals surface area contributed by atoms with Crippen LogP contribution in [-0.4, -0.2) is 41.3 Å². The number of amides is 1. The Morgan fingerprint density at radius 3 is 2.28 bits per heavy atom. The number of carbonyl (C=O) groups is 1. The Labute approximate surface area is 110 Å². The molecule has 0 spiro atoms. The molecule has 4 heteroatoms. The van der Waals surface area contributed by atoms with Gasteiger partial charge in [-0.25, -0.2) is 4.79 Å². The van der Waals surface area contributed by atoms with E-state index in [0.29, 0.717) is 0 Å². The second-order valence-electron chi connectivity index (χ2n) is 6.95. The fraction of sp³-hybridized carbons (Fsp3) is 0.929. The number of piperidine rings is 1.